The Labute approximate surface area is 76.0 Å². The molecule has 0 radical (unpaired) electrons. The van der Waals surface area contributed by atoms with Crippen molar-refractivity contribution in [2.24, 2.45) is 5.73 Å². The lowest BCUT2D eigenvalue weighted by molar-refractivity contribution is 1.38. The number of aryl methyl sites for hydroxylation is 1. The van der Waals surface area contributed by atoms with Gasteiger partial charge >= 0.3 is 0 Å². The fourth-order valence-corrected chi connectivity index (χ4v) is 1.05. The molecule has 0 heterocycles. The van der Waals surface area contributed by atoms with E-state index < -0.39 is 0 Å². The molecule has 0 saturated heterocycles. The van der Waals surface area contributed by atoms with Gasteiger partial charge in [0, 0.05) is 10.7 Å². The summed E-state index contributed by atoms with van der Waals surface area (Å²) in [6, 6.07) is 5.40. The molecule has 1 aromatic carbocycles. The number of anilines is 1. The summed E-state index contributed by atoms with van der Waals surface area (Å²) in [6.45, 7) is 1.92. The van der Waals surface area contributed by atoms with Crippen LogP contribution in [-0.2, 0) is 0 Å². The minimum atomic E-state index is -0.0830. The zero-order valence-electron chi connectivity index (χ0n) is 6.69. The molecule has 1 rings (SSSR count). The maximum Gasteiger partial charge on any atom is 0.190 e. The van der Waals surface area contributed by atoms with Gasteiger partial charge in [0.2, 0.25) is 0 Å². The highest BCUT2D eigenvalue weighted by Crippen LogP contribution is 2.19. The Bertz CT molecular complexity index is 309. The molecule has 64 valence electrons. The molecular formula is C8H10ClN3. The van der Waals surface area contributed by atoms with Crippen molar-refractivity contribution in [3.05, 3.63) is 28.8 Å². The van der Waals surface area contributed by atoms with E-state index in [-0.39, 0.29) is 5.96 Å². The quantitative estimate of drug-likeness (QED) is 0.461. The Morgan fingerprint density at radius 2 is 2.25 bits per heavy atom. The minimum Gasteiger partial charge on any atom is -0.370 e. The number of guanidine groups is 1. The highest BCUT2D eigenvalue weighted by atomic mass is 35.5. The van der Waals surface area contributed by atoms with Gasteiger partial charge in [-0.3, -0.25) is 5.41 Å². The lowest BCUT2D eigenvalue weighted by atomic mass is 10.2. The van der Waals surface area contributed by atoms with Crippen molar-refractivity contribution in [1.29, 1.82) is 5.41 Å². The van der Waals surface area contributed by atoms with Crippen LogP contribution in [0.5, 0.6) is 0 Å². The monoisotopic (exact) mass is 183 g/mol. The maximum atomic E-state index is 7.02. The second-order valence-electron chi connectivity index (χ2n) is 2.50. The molecule has 4 N–H and O–H groups in total. The van der Waals surface area contributed by atoms with E-state index in [1.807, 2.05) is 13.0 Å². The Balaban J connectivity index is 2.97. The van der Waals surface area contributed by atoms with Gasteiger partial charge in [-0.25, -0.2) is 0 Å². The molecule has 3 nitrogen and oxygen atoms in total. The second-order valence-corrected chi connectivity index (χ2v) is 2.93. The summed E-state index contributed by atoms with van der Waals surface area (Å²) in [6.07, 6.45) is 0. The molecule has 0 spiro atoms. The predicted molar refractivity (Wildman–Crippen MR) is 51.7 cm³/mol. The molecular weight excluding hydrogens is 174 g/mol. The molecule has 0 amide bonds. The van der Waals surface area contributed by atoms with Gasteiger partial charge in [0.25, 0.3) is 0 Å². The van der Waals surface area contributed by atoms with Crippen molar-refractivity contribution in [2.75, 3.05) is 5.32 Å². The normalized spacial score (nSPS) is 9.50. The number of rotatable bonds is 1. The molecule has 0 atom stereocenters. The van der Waals surface area contributed by atoms with E-state index in [0.29, 0.717) is 5.02 Å². The fraction of sp³-hybridized carbons (Fsp3) is 0.125. The zero-order valence-corrected chi connectivity index (χ0v) is 7.44. The van der Waals surface area contributed by atoms with Crippen LogP contribution in [0.4, 0.5) is 5.69 Å². The van der Waals surface area contributed by atoms with E-state index in [0.717, 1.165) is 11.3 Å². The Kier molecular flexibility index (Phi) is 2.55. The Morgan fingerprint density at radius 3 is 2.83 bits per heavy atom. The number of nitrogens with two attached hydrogens (primary N) is 1. The van der Waals surface area contributed by atoms with Crippen LogP contribution in [0.3, 0.4) is 0 Å². The van der Waals surface area contributed by atoms with Gasteiger partial charge in [0.15, 0.2) is 5.96 Å². The first kappa shape index (κ1) is 8.87. The number of benzene rings is 1. The van der Waals surface area contributed by atoms with Crippen molar-refractivity contribution in [1.82, 2.24) is 0 Å². The molecule has 0 aliphatic heterocycles. The molecule has 1 aromatic rings. The van der Waals surface area contributed by atoms with Crippen molar-refractivity contribution in [3.8, 4) is 0 Å². The topological polar surface area (TPSA) is 61.9 Å². The predicted octanol–water partition coefficient (Wildman–Crippen LogP) is 1.95. The van der Waals surface area contributed by atoms with Gasteiger partial charge in [-0.05, 0) is 24.6 Å². The lowest BCUT2D eigenvalue weighted by Crippen LogP contribution is -2.20. The summed E-state index contributed by atoms with van der Waals surface area (Å²) in [4.78, 5) is 0. The van der Waals surface area contributed by atoms with Gasteiger partial charge in [-0.1, -0.05) is 17.7 Å². The van der Waals surface area contributed by atoms with Crippen LogP contribution in [0, 0.1) is 12.3 Å². The van der Waals surface area contributed by atoms with Crippen LogP contribution in [-0.4, -0.2) is 5.96 Å². The average molecular weight is 184 g/mol. The first-order chi connectivity index (χ1) is 5.59. The Hall–Kier alpha value is -1.22. The summed E-state index contributed by atoms with van der Waals surface area (Å²) in [5, 5.41) is 10.3. The van der Waals surface area contributed by atoms with E-state index in [1.165, 1.54) is 0 Å². The van der Waals surface area contributed by atoms with E-state index in [4.69, 9.17) is 22.7 Å². The molecule has 0 aliphatic rings. The SMILES string of the molecule is Cc1ccc(Cl)cc1NC(=N)N. The third-order valence-corrected chi connectivity index (χ3v) is 1.70. The summed E-state index contributed by atoms with van der Waals surface area (Å²) in [7, 11) is 0. The Morgan fingerprint density at radius 1 is 1.58 bits per heavy atom. The molecule has 12 heavy (non-hydrogen) atoms. The van der Waals surface area contributed by atoms with Gasteiger partial charge in [0.05, 0.1) is 0 Å². The van der Waals surface area contributed by atoms with Crippen LogP contribution in [0.15, 0.2) is 18.2 Å². The third-order valence-electron chi connectivity index (χ3n) is 1.47. The van der Waals surface area contributed by atoms with Gasteiger partial charge < -0.3 is 11.1 Å². The molecule has 0 unspecified atom stereocenters. The highest BCUT2D eigenvalue weighted by molar-refractivity contribution is 6.31. The summed E-state index contributed by atoms with van der Waals surface area (Å²) in [5.74, 6) is -0.0830. The van der Waals surface area contributed by atoms with E-state index in [2.05, 4.69) is 5.32 Å². The van der Waals surface area contributed by atoms with E-state index in [9.17, 15) is 0 Å². The average Bonchev–Trinajstić information content (AvgIpc) is 1.96. The molecule has 0 aromatic heterocycles. The second kappa shape index (κ2) is 3.45. The fourth-order valence-electron chi connectivity index (χ4n) is 0.874. The molecule has 4 heteroatoms. The van der Waals surface area contributed by atoms with Crippen LogP contribution >= 0.6 is 11.6 Å². The first-order valence-electron chi connectivity index (χ1n) is 3.47. The molecule has 0 bridgehead atoms. The minimum absolute atomic E-state index is 0.0830. The van der Waals surface area contributed by atoms with Crippen LogP contribution in [0.1, 0.15) is 5.56 Å². The van der Waals surface area contributed by atoms with Crippen molar-refractivity contribution in [2.45, 2.75) is 6.92 Å². The number of hydrogen-bond donors (Lipinski definition) is 3. The van der Waals surface area contributed by atoms with Gasteiger partial charge in [0.1, 0.15) is 0 Å². The van der Waals surface area contributed by atoms with Crippen LogP contribution in [0.25, 0.3) is 0 Å². The largest absolute Gasteiger partial charge is 0.370 e. The van der Waals surface area contributed by atoms with E-state index >= 15 is 0 Å². The molecule has 0 saturated carbocycles. The van der Waals surface area contributed by atoms with Gasteiger partial charge in [-0.15, -0.1) is 0 Å². The maximum absolute atomic E-state index is 7.02. The summed E-state index contributed by atoms with van der Waals surface area (Å²) >= 11 is 5.75. The number of halogens is 1. The summed E-state index contributed by atoms with van der Waals surface area (Å²) < 4.78 is 0. The number of nitrogens with one attached hydrogen (secondary N) is 2. The van der Waals surface area contributed by atoms with Crippen molar-refractivity contribution >= 4 is 23.2 Å². The zero-order chi connectivity index (χ0) is 9.14. The van der Waals surface area contributed by atoms with Crippen molar-refractivity contribution in [3.63, 3.8) is 0 Å². The lowest BCUT2D eigenvalue weighted by Gasteiger charge is -2.06. The first-order valence-corrected chi connectivity index (χ1v) is 3.84. The van der Waals surface area contributed by atoms with Gasteiger partial charge in [-0.2, -0.15) is 0 Å². The molecule has 0 aliphatic carbocycles. The number of hydrogen-bond acceptors (Lipinski definition) is 1. The summed E-state index contributed by atoms with van der Waals surface area (Å²) in [5.41, 5.74) is 6.95. The third kappa shape index (κ3) is 2.13. The highest BCUT2D eigenvalue weighted by Gasteiger charge is 1.98. The van der Waals surface area contributed by atoms with Crippen LogP contribution < -0.4 is 11.1 Å². The van der Waals surface area contributed by atoms with E-state index in [1.54, 1.807) is 12.1 Å². The van der Waals surface area contributed by atoms with Crippen molar-refractivity contribution < 1.29 is 0 Å². The van der Waals surface area contributed by atoms with Crippen LogP contribution in [0.2, 0.25) is 5.02 Å². The molecule has 0 fully saturated rings. The smallest absolute Gasteiger partial charge is 0.190 e. The standard InChI is InChI=1S/C8H10ClN3/c1-5-2-3-6(9)4-7(5)12-8(10)11/h2-4H,1H3,(H4,10,11,12).